The highest BCUT2D eigenvalue weighted by Gasteiger charge is 2.30. The molecule has 0 aliphatic carbocycles. The predicted octanol–water partition coefficient (Wildman–Crippen LogP) is -4.51. The van der Waals surface area contributed by atoms with E-state index in [-0.39, 0.29) is 6.42 Å². The molecule has 0 spiro atoms. The van der Waals surface area contributed by atoms with Crippen molar-refractivity contribution in [1.29, 1.82) is 0 Å². The molecule has 0 saturated heterocycles. The zero-order valence-electron chi connectivity index (χ0n) is 18.2. The molecule has 5 atom stereocenters. The standard InChI is InChI=1S/C18H34N6O8/c1-9(20)15(28)23-12(8-25)16(29)24-14(10(2)26)17(30)21-7-13(27)22-11(18(31)32)5-3-4-6-19/h9-12,14,25-26H,3-8,19-20H2,1-2H3,(H,21,30)(H,22,27)(H,23,28)(H,24,29)(H,31,32)/t9-,10+,11-,12-,14-/m0/s1. The maximum absolute atomic E-state index is 12.3. The minimum atomic E-state index is -1.52. The number of carboxylic acid groups (broad SMARTS) is 1. The van der Waals surface area contributed by atoms with Crippen molar-refractivity contribution in [1.82, 2.24) is 21.3 Å². The number of nitrogens with one attached hydrogen (secondary N) is 4. The summed E-state index contributed by atoms with van der Waals surface area (Å²) in [5.74, 6) is -4.63. The van der Waals surface area contributed by atoms with Crippen LogP contribution in [-0.4, -0.2) is 94.9 Å². The topological polar surface area (TPSA) is 246 Å². The number of nitrogens with two attached hydrogens (primary N) is 2. The van der Waals surface area contributed by atoms with Crippen molar-refractivity contribution in [2.75, 3.05) is 19.7 Å². The van der Waals surface area contributed by atoms with Gasteiger partial charge in [-0.1, -0.05) is 0 Å². The number of aliphatic carboxylic acids is 1. The first-order valence-electron chi connectivity index (χ1n) is 10.1. The first-order chi connectivity index (χ1) is 14.9. The van der Waals surface area contributed by atoms with E-state index < -0.39 is 73.0 Å². The second-order valence-electron chi connectivity index (χ2n) is 7.22. The van der Waals surface area contributed by atoms with Crippen molar-refractivity contribution in [2.24, 2.45) is 11.5 Å². The summed E-state index contributed by atoms with van der Waals surface area (Å²) in [5, 5.41) is 37.1. The van der Waals surface area contributed by atoms with Crippen molar-refractivity contribution in [2.45, 2.75) is 63.4 Å². The molecule has 0 aliphatic rings. The third-order valence-electron chi connectivity index (χ3n) is 4.30. The normalized spacial score (nSPS) is 15.4. The number of rotatable bonds is 15. The van der Waals surface area contributed by atoms with Crippen LogP contribution in [0.2, 0.25) is 0 Å². The number of unbranched alkanes of at least 4 members (excludes halogenated alkanes) is 1. The van der Waals surface area contributed by atoms with Crippen LogP contribution in [0, 0.1) is 0 Å². The zero-order valence-corrected chi connectivity index (χ0v) is 18.2. The van der Waals surface area contributed by atoms with E-state index >= 15 is 0 Å². The van der Waals surface area contributed by atoms with E-state index in [2.05, 4.69) is 21.3 Å². The van der Waals surface area contributed by atoms with Crippen LogP contribution >= 0.6 is 0 Å². The van der Waals surface area contributed by atoms with Gasteiger partial charge in [-0.3, -0.25) is 19.2 Å². The molecule has 0 unspecified atom stereocenters. The molecular weight excluding hydrogens is 428 g/mol. The lowest BCUT2D eigenvalue weighted by atomic mass is 10.1. The fourth-order valence-electron chi connectivity index (χ4n) is 2.43. The summed E-state index contributed by atoms with van der Waals surface area (Å²) in [6.07, 6.45) is -0.157. The van der Waals surface area contributed by atoms with Crippen molar-refractivity contribution in [3.8, 4) is 0 Å². The van der Waals surface area contributed by atoms with Gasteiger partial charge in [-0.2, -0.15) is 0 Å². The Kier molecular flexibility index (Phi) is 13.7. The largest absolute Gasteiger partial charge is 0.480 e. The van der Waals surface area contributed by atoms with Crippen LogP contribution in [0.25, 0.3) is 0 Å². The number of carboxylic acids is 1. The number of carbonyl (C=O) groups is 5. The molecule has 0 saturated carbocycles. The lowest BCUT2D eigenvalue weighted by molar-refractivity contribution is -0.142. The third kappa shape index (κ3) is 11.0. The van der Waals surface area contributed by atoms with E-state index in [1.165, 1.54) is 13.8 Å². The van der Waals surface area contributed by atoms with Crippen LogP contribution in [0.15, 0.2) is 0 Å². The first-order valence-corrected chi connectivity index (χ1v) is 10.1. The second kappa shape index (κ2) is 15.1. The molecule has 0 heterocycles. The second-order valence-corrected chi connectivity index (χ2v) is 7.22. The van der Waals surface area contributed by atoms with Gasteiger partial charge >= 0.3 is 5.97 Å². The lowest BCUT2D eigenvalue weighted by Crippen LogP contribution is -2.59. The predicted molar refractivity (Wildman–Crippen MR) is 112 cm³/mol. The van der Waals surface area contributed by atoms with Crippen molar-refractivity contribution < 1.29 is 39.3 Å². The van der Waals surface area contributed by atoms with Crippen molar-refractivity contribution in [3.63, 3.8) is 0 Å². The quantitative estimate of drug-likeness (QED) is 0.105. The Morgan fingerprint density at radius 1 is 0.906 bits per heavy atom. The highest BCUT2D eigenvalue weighted by molar-refractivity contribution is 5.94. The minimum absolute atomic E-state index is 0.161. The van der Waals surface area contributed by atoms with Crippen LogP contribution in [0.4, 0.5) is 0 Å². The lowest BCUT2D eigenvalue weighted by Gasteiger charge is -2.24. The van der Waals surface area contributed by atoms with Gasteiger partial charge in [0.15, 0.2) is 0 Å². The Bertz CT molecular complexity index is 657. The molecule has 0 aliphatic heterocycles. The van der Waals surface area contributed by atoms with Gasteiger partial charge in [-0.15, -0.1) is 0 Å². The molecular formula is C18H34N6O8. The monoisotopic (exact) mass is 462 g/mol. The van der Waals surface area contributed by atoms with Gasteiger partial charge in [0.1, 0.15) is 18.1 Å². The van der Waals surface area contributed by atoms with Gasteiger partial charge in [-0.05, 0) is 39.7 Å². The number of hydrogen-bond donors (Lipinski definition) is 9. The molecule has 32 heavy (non-hydrogen) atoms. The van der Waals surface area contributed by atoms with Crippen LogP contribution < -0.4 is 32.7 Å². The van der Waals surface area contributed by atoms with E-state index in [0.29, 0.717) is 19.4 Å². The molecule has 0 bridgehead atoms. The molecule has 11 N–H and O–H groups in total. The van der Waals surface area contributed by atoms with E-state index in [4.69, 9.17) is 16.6 Å². The maximum Gasteiger partial charge on any atom is 0.326 e. The fourth-order valence-corrected chi connectivity index (χ4v) is 2.43. The molecule has 0 aromatic heterocycles. The summed E-state index contributed by atoms with van der Waals surface area (Å²) in [4.78, 5) is 59.4. The molecule has 0 rings (SSSR count). The van der Waals surface area contributed by atoms with Crippen LogP contribution in [0.1, 0.15) is 33.1 Å². The van der Waals surface area contributed by atoms with Gasteiger partial charge in [0.05, 0.1) is 25.3 Å². The molecule has 184 valence electrons. The maximum atomic E-state index is 12.3. The summed E-state index contributed by atoms with van der Waals surface area (Å²) in [5.41, 5.74) is 10.7. The van der Waals surface area contributed by atoms with E-state index in [1.807, 2.05) is 0 Å². The SMILES string of the molecule is C[C@H](N)C(=O)N[C@@H](CO)C(=O)N[C@H](C(=O)NCC(=O)N[C@@H](CCCCN)C(=O)O)[C@@H](C)O. The number of aliphatic hydroxyl groups excluding tert-OH is 2. The van der Waals surface area contributed by atoms with E-state index in [9.17, 15) is 34.2 Å². The molecule has 14 heteroatoms. The minimum Gasteiger partial charge on any atom is -0.480 e. The Hall–Kier alpha value is -2.81. The van der Waals surface area contributed by atoms with Crippen LogP contribution in [0.3, 0.4) is 0 Å². The summed E-state index contributed by atoms with van der Waals surface area (Å²) in [6, 6.07) is -5.04. The highest BCUT2D eigenvalue weighted by Crippen LogP contribution is 2.01. The Labute approximate surface area is 185 Å². The first kappa shape index (κ1) is 29.2. The van der Waals surface area contributed by atoms with Gasteiger partial charge in [-0.25, -0.2) is 4.79 Å². The van der Waals surface area contributed by atoms with Gasteiger partial charge in [0.2, 0.25) is 23.6 Å². The van der Waals surface area contributed by atoms with Gasteiger partial charge in [0, 0.05) is 0 Å². The Balaban J connectivity index is 4.88. The highest BCUT2D eigenvalue weighted by atomic mass is 16.4. The number of hydrogen-bond acceptors (Lipinski definition) is 9. The molecule has 14 nitrogen and oxygen atoms in total. The van der Waals surface area contributed by atoms with Crippen LogP contribution in [-0.2, 0) is 24.0 Å². The summed E-state index contributed by atoms with van der Waals surface area (Å²) in [6.45, 7) is 1.56. The van der Waals surface area contributed by atoms with Crippen molar-refractivity contribution >= 4 is 29.6 Å². The average Bonchev–Trinajstić information content (AvgIpc) is 2.72. The molecule has 4 amide bonds. The Morgan fingerprint density at radius 3 is 2.00 bits per heavy atom. The van der Waals surface area contributed by atoms with Gasteiger partial charge in [0.25, 0.3) is 0 Å². The van der Waals surface area contributed by atoms with E-state index in [0.717, 1.165) is 0 Å². The molecule has 0 aromatic rings. The van der Waals surface area contributed by atoms with Gasteiger partial charge < -0.3 is 48.1 Å². The smallest absolute Gasteiger partial charge is 0.326 e. The number of amides is 4. The fraction of sp³-hybridized carbons (Fsp3) is 0.722. The van der Waals surface area contributed by atoms with Crippen LogP contribution in [0.5, 0.6) is 0 Å². The summed E-state index contributed by atoms with van der Waals surface area (Å²) < 4.78 is 0. The molecule has 0 radical (unpaired) electrons. The number of aliphatic hydroxyl groups is 2. The molecule has 0 aromatic carbocycles. The summed E-state index contributed by atoms with van der Waals surface area (Å²) >= 11 is 0. The Morgan fingerprint density at radius 2 is 1.53 bits per heavy atom. The summed E-state index contributed by atoms with van der Waals surface area (Å²) in [7, 11) is 0. The number of carbonyl (C=O) groups excluding carboxylic acids is 4. The average molecular weight is 463 g/mol. The zero-order chi connectivity index (χ0) is 24.8. The molecule has 0 fully saturated rings. The van der Waals surface area contributed by atoms with Crippen molar-refractivity contribution in [3.05, 3.63) is 0 Å². The third-order valence-corrected chi connectivity index (χ3v) is 4.30. The van der Waals surface area contributed by atoms with E-state index in [1.54, 1.807) is 0 Å².